The van der Waals surface area contributed by atoms with E-state index in [0.717, 1.165) is 0 Å². The fraction of sp³-hybridized carbons (Fsp3) is 0. The zero-order chi connectivity index (χ0) is 16.1. The van der Waals surface area contributed by atoms with Gasteiger partial charge in [0.2, 0.25) is 5.13 Å². The number of anilines is 2. The highest BCUT2D eigenvalue weighted by molar-refractivity contribution is 7.14. The SMILES string of the molecule is Nc1csc(NN=Cc2ccc(F)cc2Oc2ccccc2)n1. The summed E-state index contributed by atoms with van der Waals surface area (Å²) in [5.74, 6) is 1.05. The highest BCUT2D eigenvalue weighted by Gasteiger charge is 2.05. The van der Waals surface area contributed by atoms with Gasteiger partial charge in [-0.05, 0) is 24.3 Å². The van der Waals surface area contributed by atoms with Crippen molar-refractivity contribution in [1.82, 2.24) is 4.98 Å². The minimum absolute atomic E-state index is 0.375. The zero-order valence-electron chi connectivity index (χ0n) is 11.9. The first kappa shape index (κ1) is 15.0. The van der Waals surface area contributed by atoms with Crippen LogP contribution >= 0.6 is 11.3 Å². The topological polar surface area (TPSA) is 72.5 Å². The molecule has 0 spiro atoms. The summed E-state index contributed by atoms with van der Waals surface area (Å²) in [4.78, 5) is 4.03. The molecule has 0 aliphatic heterocycles. The van der Waals surface area contributed by atoms with Crippen molar-refractivity contribution in [2.75, 3.05) is 11.2 Å². The summed E-state index contributed by atoms with van der Waals surface area (Å²) >= 11 is 1.34. The number of hydrogen-bond acceptors (Lipinski definition) is 6. The Bertz CT molecular complexity index is 820. The lowest BCUT2D eigenvalue weighted by molar-refractivity contribution is 0.476. The Balaban J connectivity index is 1.78. The van der Waals surface area contributed by atoms with E-state index in [0.29, 0.717) is 28.0 Å². The molecule has 0 aliphatic rings. The number of ether oxygens (including phenoxy) is 1. The maximum atomic E-state index is 13.5. The summed E-state index contributed by atoms with van der Waals surface area (Å²) in [7, 11) is 0. The molecular formula is C16H13FN4OS. The molecule has 0 aliphatic carbocycles. The van der Waals surface area contributed by atoms with Crippen LogP contribution in [-0.4, -0.2) is 11.2 Å². The molecule has 0 amide bonds. The molecule has 0 atom stereocenters. The van der Waals surface area contributed by atoms with Crippen LogP contribution in [0.2, 0.25) is 0 Å². The molecule has 3 N–H and O–H groups in total. The quantitative estimate of drug-likeness (QED) is 0.546. The van der Waals surface area contributed by atoms with Gasteiger partial charge < -0.3 is 10.5 Å². The maximum absolute atomic E-state index is 13.5. The summed E-state index contributed by atoms with van der Waals surface area (Å²) in [5.41, 5.74) is 8.93. The predicted octanol–water partition coefficient (Wildman–Crippen LogP) is 4.10. The third-order valence-corrected chi connectivity index (χ3v) is 3.60. The van der Waals surface area contributed by atoms with E-state index in [9.17, 15) is 4.39 Å². The van der Waals surface area contributed by atoms with Gasteiger partial charge in [0, 0.05) is 17.0 Å². The van der Waals surface area contributed by atoms with Crippen molar-refractivity contribution in [1.29, 1.82) is 0 Å². The first-order valence-corrected chi connectivity index (χ1v) is 7.61. The molecule has 0 unspecified atom stereocenters. The van der Waals surface area contributed by atoms with E-state index in [1.54, 1.807) is 23.6 Å². The van der Waals surface area contributed by atoms with Gasteiger partial charge in [0.25, 0.3) is 0 Å². The number of nitrogens with zero attached hydrogens (tertiary/aromatic N) is 2. The van der Waals surface area contributed by atoms with E-state index in [2.05, 4.69) is 15.5 Å². The van der Waals surface area contributed by atoms with Crippen molar-refractivity contribution in [3.05, 3.63) is 65.3 Å². The fourth-order valence-corrected chi connectivity index (χ4v) is 2.36. The van der Waals surface area contributed by atoms with Crippen LogP contribution < -0.4 is 15.9 Å². The normalized spacial score (nSPS) is 10.8. The second-order valence-electron chi connectivity index (χ2n) is 4.54. The van der Waals surface area contributed by atoms with Crippen LogP contribution in [0.15, 0.2) is 59.0 Å². The third kappa shape index (κ3) is 4.04. The average Bonchev–Trinajstić information content (AvgIpc) is 2.96. The molecule has 5 nitrogen and oxygen atoms in total. The predicted molar refractivity (Wildman–Crippen MR) is 90.7 cm³/mol. The standard InChI is InChI=1S/C16H13FN4OS/c17-12-7-6-11(9-19-21-16-20-15(18)10-23-16)14(8-12)22-13-4-2-1-3-5-13/h1-10H,18H2,(H,20,21). The molecule has 3 rings (SSSR count). The summed E-state index contributed by atoms with van der Waals surface area (Å²) in [6.45, 7) is 0. The van der Waals surface area contributed by atoms with E-state index >= 15 is 0 Å². The summed E-state index contributed by atoms with van der Waals surface area (Å²) in [6, 6.07) is 13.4. The molecule has 0 saturated carbocycles. The van der Waals surface area contributed by atoms with Crippen LogP contribution in [0.4, 0.5) is 15.3 Å². The zero-order valence-corrected chi connectivity index (χ0v) is 12.8. The average molecular weight is 328 g/mol. The molecule has 0 saturated heterocycles. The number of nitrogens with one attached hydrogen (secondary N) is 1. The molecule has 0 radical (unpaired) electrons. The lowest BCUT2D eigenvalue weighted by Gasteiger charge is -2.08. The molecule has 1 aromatic heterocycles. The Kier molecular flexibility index (Phi) is 4.49. The van der Waals surface area contributed by atoms with Gasteiger partial charge in [-0.15, -0.1) is 11.3 Å². The van der Waals surface area contributed by atoms with Gasteiger partial charge in [-0.3, -0.25) is 5.43 Å². The molecule has 116 valence electrons. The molecule has 23 heavy (non-hydrogen) atoms. The highest BCUT2D eigenvalue weighted by atomic mass is 32.1. The Morgan fingerprint density at radius 2 is 2.04 bits per heavy atom. The van der Waals surface area contributed by atoms with Gasteiger partial charge in [-0.25, -0.2) is 9.37 Å². The van der Waals surface area contributed by atoms with Crippen LogP contribution in [0, 0.1) is 5.82 Å². The molecule has 2 aromatic carbocycles. The van der Waals surface area contributed by atoms with E-state index < -0.39 is 0 Å². The second-order valence-corrected chi connectivity index (χ2v) is 5.40. The van der Waals surface area contributed by atoms with E-state index in [4.69, 9.17) is 10.5 Å². The molecule has 1 heterocycles. The Labute approximate surface area is 136 Å². The van der Waals surface area contributed by atoms with Gasteiger partial charge in [0.1, 0.15) is 23.1 Å². The number of nitrogens with two attached hydrogens (primary N) is 1. The van der Waals surface area contributed by atoms with Gasteiger partial charge in [-0.1, -0.05) is 18.2 Å². The van der Waals surface area contributed by atoms with Crippen molar-refractivity contribution >= 4 is 28.5 Å². The van der Waals surface area contributed by atoms with E-state index in [-0.39, 0.29) is 5.82 Å². The van der Waals surface area contributed by atoms with Crippen molar-refractivity contribution in [2.45, 2.75) is 0 Å². The molecule has 0 bridgehead atoms. The molecule has 0 fully saturated rings. The van der Waals surface area contributed by atoms with Crippen molar-refractivity contribution < 1.29 is 9.13 Å². The minimum Gasteiger partial charge on any atom is -0.457 e. The second kappa shape index (κ2) is 6.89. The number of para-hydroxylation sites is 1. The number of hydrazone groups is 1. The number of aromatic nitrogens is 1. The minimum atomic E-state index is -0.381. The van der Waals surface area contributed by atoms with Crippen LogP contribution in [0.1, 0.15) is 5.56 Å². The lowest BCUT2D eigenvalue weighted by atomic mass is 10.2. The van der Waals surface area contributed by atoms with Crippen LogP contribution in [0.25, 0.3) is 0 Å². The third-order valence-electron chi connectivity index (χ3n) is 2.83. The Morgan fingerprint density at radius 1 is 1.22 bits per heavy atom. The van der Waals surface area contributed by atoms with Crippen LogP contribution in [-0.2, 0) is 0 Å². The van der Waals surface area contributed by atoms with Crippen molar-refractivity contribution in [3.63, 3.8) is 0 Å². The molecule has 7 heteroatoms. The van der Waals surface area contributed by atoms with Crippen LogP contribution in [0.5, 0.6) is 11.5 Å². The Morgan fingerprint density at radius 3 is 2.78 bits per heavy atom. The summed E-state index contributed by atoms with van der Waals surface area (Å²) in [5, 5.41) is 6.36. The smallest absolute Gasteiger partial charge is 0.205 e. The summed E-state index contributed by atoms with van der Waals surface area (Å²) in [6.07, 6.45) is 1.54. The summed E-state index contributed by atoms with van der Waals surface area (Å²) < 4.78 is 19.2. The number of nitrogen functional groups attached to an aromatic ring is 1. The first-order chi connectivity index (χ1) is 11.2. The van der Waals surface area contributed by atoms with E-state index in [1.165, 1.54) is 29.7 Å². The highest BCUT2D eigenvalue weighted by Crippen LogP contribution is 2.25. The fourth-order valence-electron chi connectivity index (χ4n) is 1.81. The van der Waals surface area contributed by atoms with Crippen molar-refractivity contribution in [2.24, 2.45) is 5.10 Å². The van der Waals surface area contributed by atoms with E-state index in [1.807, 2.05) is 18.2 Å². The molecule has 3 aromatic rings. The molecular weight excluding hydrogens is 315 g/mol. The van der Waals surface area contributed by atoms with Gasteiger partial charge in [0.15, 0.2) is 0 Å². The van der Waals surface area contributed by atoms with Gasteiger partial charge in [0.05, 0.1) is 6.21 Å². The van der Waals surface area contributed by atoms with Crippen molar-refractivity contribution in [3.8, 4) is 11.5 Å². The number of rotatable bonds is 5. The van der Waals surface area contributed by atoms with Gasteiger partial charge in [-0.2, -0.15) is 5.10 Å². The number of benzene rings is 2. The number of thiazole rings is 1. The lowest BCUT2D eigenvalue weighted by Crippen LogP contribution is -1.95. The van der Waals surface area contributed by atoms with Gasteiger partial charge >= 0.3 is 0 Å². The van der Waals surface area contributed by atoms with Crippen LogP contribution in [0.3, 0.4) is 0 Å². The Hall–Kier alpha value is -2.93. The number of hydrogen-bond donors (Lipinski definition) is 2. The largest absolute Gasteiger partial charge is 0.457 e. The maximum Gasteiger partial charge on any atom is 0.205 e. The first-order valence-electron chi connectivity index (χ1n) is 6.73. The monoisotopic (exact) mass is 328 g/mol. The number of halogens is 1.